The zero-order valence-electron chi connectivity index (χ0n) is 12.2. The molecule has 1 amide bonds. The average molecular weight is 288 g/mol. The summed E-state index contributed by atoms with van der Waals surface area (Å²) >= 11 is 0. The van der Waals surface area contributed by atoms with Gasteiger partial charge in [0.05, 0.1) is 6.54 Å². The highest BCUT2D eigenvalue weighted by molar-refractivity contribution is 5.77. The number of likely N-dealkylation sites (N-methyl/N-ethyl adjacent to an activating group) is 1. The third-order valence-corrected chi connectivity index (χ3v) is 3.41. The molecule has 1 fully saturated rings. The van der Waals surface area contributed by atoms with Crippen molar-refractivity contribution in [2.24, 2.45) is 0 Å². The lowest BCUT2D eigenvalue weighted by Gasteiger charge is -2.22. The molecular formula is C14H20N6O. The van der Waals surface area contributed by atoms with Crippen LogP contribution in [0.2, 0.25) is 0 Å². The fraction of sp³-hybridized carbons (Fsp3) is 0.571. The standard InChI is InChI=1S/C14H20N6O/c1-2-16-13(21)11-19-6-3-7-20(9-8-19)14-12(10-15)17-4-5-18-14/h4-5H,2-3,6-9,11H2,1H3,(H,16,21). The minimum absolute atomic E-state index is 0.0585. The third-order valence-electron chi connectivity index (χ3n) is 3.41. The first-order valence-corrected chi connectivity index (χ1v) is 7.19. The molecule has 1 aliphatic rings. The minimum Gasteiger partial charge on any atom is -0.355 e. The summed E-state index contributed by atoms with van der Waals surface area (Å²) in [5.74, 6) is 0.697. The highest BCUT2D eigenvalue weighted by atomic mass is 16.2. The maximum Gasteiger partial charge on any atom is 0.234 e. The highest BCUT2D eigenvalue weighted by Gasteiger charge is 2.20. The van der Waals surface area contributed by atoms with E-state index in [0.717, 1.165) is 32.6 Å². The van der Waals surface area contributed by atoms with Crippen LogP contribution in [0.25, 0.3) is 0 Å². The largest absolute Gasteiger partial charge is 0.355 e. The van der Waals surface area contributed by atoms with Crippen LogP contribution in [0.4, 0.5) is 5.82 Å². The van der Waals surface area contributed by atoms with Gasteiger partial charge in [-0.1, -0.05) is 0 Å². The van der Waals surface area contributed by atoms with E-state index in [0.29, 0.717) is 24.6 Å². The predicted octanol–water partition coefficient (Wildman–Crippen LogP) is -0.00352. The number of nitriles is 1. The number of nitrogens with one attached hydrogen (secondary N) is 1. The minimum atomic E-state index is 0.0585. The molecule has 1 saturated heterocycles. The number of hydrogen-bond acceptors (Lipinski definition) is 6. The van der Waals surface area contributed by atoms with Crippen LogP contribution >= 0.6 is 0 Å². The topological polar surface area (TPSA) is 85.2 Å². The van der Waals surface area contributed by atoms with Crippen LogP contribution in [-0.4, -0.2) is 60.0 Å². The first-order chi connectivity index (χ1) is 10.2. The number of aromatic nitrogens is 2. The molecule has 0 atom stereocenters. The molecular weight excluding hydrogens is 268 g/mol. The van der Waals surface area contributed by atoms with Gasteiger partial charge < -0.3 is 10.2 Å². The molecule has 2 rings (SSSR count). The summed E-state index contributed by atoms with van der Waals surface area (Å²) in [4.78, 5) is 24.2. The molecule has 1 N–H and O–H groups in total. The maximum atomic E-state index is 11.6. The second-order valence-corrected chi connectivity index (χ2v) is 4.91. The number of amides is 1. The number of hydrogen-bond donors (Lipinski definition) is 1. The molecule has 1 aromatic rings. The van der Waals surface area contributed by atoms with Crippen molar-refractivity contribution in [3.05, 3.63) is 18.1 Å². The van der Waals surface area contributed by atoms with E-state index < -0.39 is 0 Å². The summed E-state index contributed by atoms with van der Waals surface area (Å²) in [6, 6.07) is 2.08. The number of nitrogens with zero attached hydrogens (tertiary/aromatic N) is 5. The lowest BCUT2D eigenvalue weighted by Crippen LogP contribution is -2.39. The molecule has 0 aromatic carbocycles. The van der Waals surface area contributed by atoms with Crippen molar-refractivity contribution in [3.8, 4) is 6.07 Å². The molecule has 7 nitrogen and oxygen atoms in total. The molecule has 0 aliphatic carbocycles. The summed E-state index contributed by atoms with van der Waals surface area (Å²) in [5, 5.41) is 11.9. The lowest BCUT2D eigenvalue weighted by atomic mass is 10.3. The maximum absolute atomic E-state index is 11.6. The molecule has 0 unspecified atom stereocenters. The molecule has 1 aromatic heterocycles. The van der Waals surface area contributed by atoms with Gasteiger partial charge in [0.1, 0.15) is 6.07 Å². The number of rotatable bonds is 4. The highest BCUT2D eigenvalue weighted by Crippen LogP contribution is 2.16. The van der Waals surface area contributed by atoms with E-state index in [1.165, 1.54) is 6.20 Å². The van der Waals surface area contributed by atoms with Crippen LogP contribution in [0.3, 0.4) is 0 Å². The second-order valence-electron chi connectivity index (χ2n) is 4.91. The Hall–Kier alpha value is -2.20. The molecule has 21 heavy (non-hydrogen) atoms. The molecule has 112 valence electrons. The van der Waals surface area contributed by atoms with Crippen molar-refractivity contribution in [3.63, 3.8) is 0 Å². The van der Waals surface area contributed by atoms with Gasteiger partial charge in [0.2, 0.25) is 5.91 Å². The van der Waals surface area contributed by atoms with Crippen LogP contribution in [0, 0.1) is 11.3 Å². The summed E-state index contributed by atoms with van der Waals surface area (Å²) in [6.07, 6.45) is 4.07. The van der Waals surface area contributed by atoms with Gasteiger partial charge in [-0.05, 0) is 13.3 Å². The summed E-state index contributed by atoms with van der Waals surface area (Å²) in [6.45, 7) is 6.21. The van der Waals surface area contributed by atoms with E-state index in [2.05, 4.69) is 31.2 Å². The number of anilines is 1. The van der Waals surface area contributed by atoms with Gasteiger partial charge in [-0.15, -0.1) is 0 Å². The van der Waals surface area contributed by atoms with Crippen molar-refractivity contribution in [2.45, 2.75) is 13.3 Å². The zero-order chi connectivity index (χ0) is 15.1. The van der Waals surface area contributed by atoms with Gasteiger partial charge in [0.15, 0.2) is 11.5 Å². The molecule has 0 saturated carbocycles. The van der Waals surface area contributed by atoms with E-state index in [1.54, 1.807) is 6.20 Å². The number of carbonyl (C=O) groups is 1. The SMILES string of the molecule is CCNC(=O)CN1CCCN(c2nccnc2C#N)CC1. The second kappa shape index (κ2) is 7.55. The molecule has 0 bridgehead atoms. The van der Waals surface area contributed by atoms with Gasteiger partial charge in [-0.25, -0.2) is 9.97 Å². The van der Waals surface area contributed by atoms with Crippen molar-refractivity contribution in [1.29, 1.82) is 5.26 Å². The van der Waals surface area contributed by atoms with E-state index in [-0.39, 0.29) is 5.91 Å². The van der Waals surface area contributed by atoms with Crippen LogP contribution in [0.5, 0.6) is 0 Å². The van der Waals surface area contributed by atoms with Crippen LogP contribution in [-0.2, 0) is 4.79 Å². The fourth-order valence-electron chi connectivity index (χ4n) is 2.44. The van der Waals surface area contributed by atoms with E-state index >= 15 is 0 Å². The first kappa shape index (κ1) is 15.2. The number of carbonyl (C=O) groups excluding carboxylic acids is 1. The quantitative estimate of drug-likeness (QED) is 0.839. The van der Waals surface area contributed by atoms with Crippen LogP contribution in [0.15, 0.2) is 12.4 Å². The summed E-state index contributed by atoms with van der Waals surface area (Å²) in [7, 11) is 0. The Morgan fingerprint density at radius 1 is 1.33 bits per heavy atom. The van der Waals surface area contributed by atoms with Crippen LogP contribution < -0.4 is 10.2 Å². The Bertz CT molecular complexity index is 526. The molecule has 0 spiro atoms. The lowest BCUT2D eigenvalue weighted by molar-refractivity contribution is -0.122. The Morgan fingerprint density at radius 3 is 2.90 bits per heavy atom. The zero-order valence-corrected chi connectivity index (χ0v) is 12.2. The first-order valence-electron chi connectivity index (χ1n) is 7.19. The Kier molecular flexibility index (Phi) is 5.46. The summed E-state index contributed by atoms with van der Waals surface area (Å²) in [5.41, 5.74) is 0.356. The third kappa shape index (κ3) is 4.13. The predicted molar refractivity (Wildman–Crippen MR) is 78.7 cm³/mol. The van der Waals surface area contributed by atoms with E-state index in [1.807, 2.05) is 6.92 Å². The van der Waals surface area contributed by atoms with Crippen molar-refractivity contribution in [2.75, 3.05) is 44.2 Å². The summed E-state index contributed by atoms with van der Waals surface area (Å²) < 4.78 is 0. The van der Waals surface area contributed by atoms with Gasteiger partial charge in [-0.2, -0.15) is 5.26 Å². The fourth-order valence-corrected chi connectivity index (χ4v) is 2.44. The smallest absolute Gasteiger partial charge is 0.234 e. The van der Waals surface area contributed by atoms with Crippen molar-refractivity contribution >= 4 is 11.7 Å². The normalized spacial score (nSPS) is 16.1. The van der Waals surface area contributed by atoms with E-state index in [4.69, 9.17) is 5.26 Å². The average Bonchev–Trinajstić information content (AvgIpc) is 2.73. The van der Waals surface area contributed by atoms with E-state index in [9.17, 15) is 4.79 Å². The molecule has 7 heteroatoms. The van der Waals surface area contributed by atoms with Gasteiger partial charge in [-0.3, -0.25) is 9.69 Å². The Balaban J connectivity index is 1.98. The van der Waals surface area contributed by atoms with Crippen molar-refractivity contribution < 1.29 is 4.79 Å². The molecule has 1 aliphatic heterocycles. The van der Waals surface area contributed by atoms with Gasteiger partial charge in [0.25, 0.3) is 0 Å². The van der Waals surface area contributed by atoms with Gasteiger partial charge >= 0.3 is 0 Å². The molecule has 2 heterocycles. The van der Waals surface area contributed by atoms with Crippen molar-refractivity contribution in [1.82, 2.24) is 20.2 Å². The monoisotopic (exact) mass is 288 g/mol. The Morgan fingerprint density at radius 2 is 2.14 bits per heavy atom. The van der Waals surface area contributed by atoms with Gasteiger partial charge in [0, 0.05) is 45.1 Å². The molecule has 0 radical (unpaired) electrons. The Labute approximate surface area is 124 Å². The van der Waals surface area contributed by atoms with Crippen LogP contribution in [0.1, 0.15) is 19.0 Å².